The van der Waals surface area contributed by atoms with Crippen LogP contribution in [-0.4, -0.2) is 11.1 Å². The van der Waals surface area contributed by atoms with Gasteiger partial charge in [0.15, 0.2) is 0 Å². The molecular weight excluding hydrogens is 623 g/mol. The Morgan fingerprint density at radius 2 is 1.75 bits per heavy atom. The molecule has 3 nitrogen and oxygen atoms in total. The van der Waals surface area contributed by atoms with Gasteiger partial charge in [0.2, 0.25) is 0 Å². The predicted molar refractivity (Wildman–Crippen MR) is 218 cm³/mol. The van der Waals surface area contributed by atoms with Crippen LogP contribution in [0, 0.1) is 0 Å². The maximum atomic E-state index is 12.2. The molecule has 262 valence electrons. The molecule has 2 atom stereocenters. The van der Waals surface area contributed by atoms with Gasteiger partial charge in [-0.25, -0.2) is 0 Å². The van der Waals surface area contributed by atoms with E-state index >= 15 is 0 Å². The van der Waals surface area contributed by atoms with Crippen molar-refractivity contribution in [3.63, 3.8) is 0 Å². The van der Waals surface area contributed by atoms with Gasteiger partial charge in [-0.2, -0.15) is 0 Å². The Morgan fingerprint density at radius 1 is 0.922 bits per heavy atom. The average Bonchev–Trinajstić information content (AvgIpc) is 3.24. The van der Waals surface area contributed by atoms with Crippen LogP contribution in [0.2, 0.25) is 0 Å². The molecule has 0 amide bonds. The number of aromatic hydroxyl groups is 1. The average molecular weight is 676 g/mol. The third-order valence-corrected chi connectivity index (χ3v) is 9.90. The second-order valence-corrected chi connectivity index (χ2v) is 13.2. The first-order valence-corrected chi connectivity index (χ1v) is 18.4. The van der Waals surface area contributed by atoms with Gasteiger partial charge in [-0.3, -0.25) is 0 Å². The summed E-state index contributed by atoms with van der Waals surface area (Å²) in [4.78, 5) is 0. The van der Waals surface area contributed by atoms with Crippen molar-refractivity contribution in [3.8, 4) is 11.5 Å². The monoisotopic (exact) mass is 675 g/mol. The number of phenolic OH excluding ortho intramolecular Hbond substituents is 1. The van der Waals surface area contributed by atoms with Gasteiger partial charge in [0.1, 0.15) is 11.5 Å². The lowest BCUT2D eigenvalue weighted by Crippen LogP contribution is -2.29. The van der Waals surface area contributed by atoms with Crippen LogP contribution in [0.1, 0.15) is 81.9 Å². The SMILES string of the molecule is C=C1/C=C\C=C/CC(/C(=C\C=C/C)c2ccc(C3(CC/C(=C\C)C4=CC=CCC4)C/C=C\C=C/Oc4ccccc43)c(O)c2)NC=C/C=C\CC1. The molecule has 0 fully saturated rings. The van der Waals surface area contributed by atoms with Gasteiger partial charge in [0, 0.05) is 16.5 Å². The summed E-state index contributed by atoms with van der Waals surface area (Å²) >= 11 is 0. The number of allylic oxidation sites excluding steroid dienone is 19. The summed E-state index contributed by atoms with van der Waals surface area (Å²) in [6.07, 6.45) is 47.1. The van der Waals surface area contributed by atoms with Crippen molar-refractivity contribution in [2.75, 3.05) is 0 Å². The zero-order valence-electron chi connectivity index (χ0n) is 30.3. The number of hydrogen-bond acceptors (Lipinski definition) is 3. The molecule has 2 N–H and O–H groups in total. The van der Waals surface area contributed by atoms with E-state index in [2.05, 4.69) is 134 Å². The third kappa shape index (κ3) is 9.92. The summed E-state index contributed by atoms with van der Waals surface area (Å²) in [5.41, 5.74) is 7.39. The molecule has 0 spiro atoms. The van der Waals surface area contributed by atoms with Crippen LogP contribution in [-0.2, 0) is 5.41 Å². The van der Waals surface area contributed by atoms with E-state index in [1.165, 1.54) is 11.1 Å². The summed E-state index contributed by atoms with van der Waals surface area (Å²) < 4.78 is 6.24. The van der Waals surface area contributed by atoms with Crippen LogP contribution in [0.4, 0.5) is 0 Å². The lowest BCUT2D eigenvalue weighted by atomic mass is 9.67. The number of fused-ring (bicyclic) bond motifs is 1. The second-order valence-electron chi connectivity index (χ2n) is 13.2. The molecule has 5 rings (SSSR count). The van der Waals surface area contributed by atoms with Crippen LogP contribution < -0.4 is 10.1 Å². The van der Waals surface area contributed by atoms with Gasteiger partial charge in [0.25, 0.3) is 0 Å². The quantitative estimate of drug-likeness (QED) is 0.274. The van der Waals surface area contributed by atoms with Crippen molar-refractivity contribution in [3.05, 3.63) is 198 Å². The Kier molecular flexibility index (Phi) is 13.9. The molecule has 0 saturated heterocycles. The number of hydrogen-bond donors (Lipinski definition) is 2. The van der Waals surface area contributed by atoms with Gasteiger partial charge < -0.3 is 15.2 Å². The normalized spacial score (nSPS) is 24.8. The van der Waals surface area contributed by atoms with E-state index in [0.717, 1.165) is 85.0 Å². The maximum absolute atomic E-state index is 12.2. The minimum absolute atomic E-state index is 0.0241. The lowest BCUT2D eigenvalue weighted by molar-refractivity contribution is 0.402. The fraction of sp³-hybridized carbons (Fsp3) is 0.250. The van der Waals surface area contributed by atoms with E-state index in [0.29, 0.717) is 0 Å². The van der Waals surface area contributed by atoms with Gasteiger partial charge in [-0.15, -0.1) is 0 Å². The first kappa shape index (κ1) is 37.0. The standard InChI is InChI=1S/C48H53NO2/c1-4-6-26-42(45-28-16-9-13-23-38(3)22-12-7-8-20-35-49-45)41-30-31-43(46(50)37-41)48(34-32-39(5-2)40-24-14-10-15-25-40)33-19-11-21-36-51-47-29-18-17-27-44(47)48/h4-11,13-14,16-21,23-24,26-27,29-31,35-37,45,49-50H,3,12,15,22,25,28,32-34H2,1-2H3/b6-4-,8-7-,16-9-,19-11-,23-13-,35-20?,36-21-,39-5+,42-26-. The van der Waals surface area contributed by atoms with Crippen molar-refractivity contribution in [1.29, 1.82) is 0 Å². The molecule has 1 aliphatic carbocycles. The van der Waals surface area contributed by atoms with Crippen LogP contribution in [0.25, 0.3) is 5.57 Å². The van der Waals surface area contributed by atoms with Gasteiger partial charge >= 0.3 is 0 Å². The maximum Gasteiger partial charge on any atom is 0.130 e. The summed E-state index contributed by atoms with van der Waals surface area (Å²) in [5.74, 6) is 1.10. The molecule has 2 aromatic carbocycles. The minimum atomic E-state index is -0.537. The fourth-order valence-corrected chi connectivity index (χ4v) is 7.17. The Morgan fingerprint density at radius 3 is 2.57 bits per heavy atom. The van der Waals surface area contributed by atoms with Crippen molar-refractivity contribution < 1.29 is 9.84 Å². The highest BCUT2D eigenvalue weighted by atomic mass is 16.5. The van der Waals surface area contributed by atoms with E-state index < -0.39 is 5.41 Å². The Bertz CT molecular complexity index is 1850. The Balaban J connectivity index is 1.58. The number of benzene rings is 2. The fourth-order valence-electron chi connectivity index (χ4n) is 7.17. The zero-order valence-corrected chi connectivity index (χ0v) is 30.3. The predicted octanol–water partition coefficient (Wildman–Crippen LogP) is 12.4. The smallest absolute Gasteiger partial charge is 0.130 e. The molecule has 0 aromatic heterocycles. The molecule has 2 unspecified atom stereocenters. The summed E-state index contributed by atoms with van der Waals surface area (Å²) in [5, 5.41) is 15.9. The van der Waals surface area contributed by atoms with E-state index in [4.69, 9.17) is 4.74 Å². The second kappa shape index (κ2) is 19.2. The topological polar surface area (TPSA) is 41.5 Å². The summed E-state index contributed by atoms with van der Waals surface area (Å²) in [6, 6.07) is 14.6. The van der Waals surface area contributed by atoms with Crippen molar-refractivity contribution >= 4 is 5.57 Å². The highest BCUT2D eigenvalue weighted by molar-refractivity contribution is 5.73. The molecule has 3 aliphatic rings. The highest BCUT2D eigenvalue weighted by Crippen LogP contribution is 2.49. The Hall–Kier alpha value is -5.28. The Labute approximate surface area is 306 Å². The number of ether oxygens (including phenoxy) is 1. The van der Waals surface area contributed by atoms with Crippen molar-refractivity contribution in [2.45, 2.75) is 76.7 Å². The van der Waals surface area contributed by atoms with Gasteiger partial charge in [0.05, 0.1) is 12.3 Å². The molecule has 2 heterocycles. The van der Waals surface area contributed by atoms with Crippen molar-refractivity contribution in [2.24, 2.45) is 0 Å². The highest BCUT2D eigenvalue weighted by Gasteiger charge is 2.38. The number of nitrogens with one attached hydrogen (secondary N) is 1. The summed E-state index contributed by atoms with van der Waals surface area (Å²) in [6.45, 7) is 8.35. The molecule has 51 heavy (non-hydrogen) atoms. The van der Waals surface area contributed by atoms with Gasteiger partial charge in [-0.05, 0) is 118 Å². The molecule has 2 aromatic rings. The van der Waals surface area contributed by atoms with Crippen LogP contribution in [0.15, 0.2) is 182 Å². The number of para-hydroxylation sites is 1. The van der Waals surface area contributed by atoms with E-state index in [-0.39, 0.29) is 11.8 Å². The third-order valence-electron chi connectivity index (χ3n) is 9.90. The largest absolute Gasteiger partial charge is 0.508 e. The van der Waals surface area contributed by atoms with Crippen molar-refractivity contribution in [1.82, 2.24) is 5.32 Å². The van der Waals surface area contributed by atoms with Crippen LogP contribution >= 0.6 is 0 Å². The van der Waals surface area contributed by atoms with Crippen LogP contribution in [0.5, 0.6) is 11.5 Å². The first-order chi connectivity index (χ1) is 25.1. The minimum Gasteiger partial charge on any atom is -0.508 e. The van der Waals surface area contributed by atoms with E-state index in [9.17, 15) is 5.11 Å². The van der Waals surface area contributed by atoms with Crippen LogP contribution in [0.3, 0.4) is 0 Å². The molecule has 0 bridgehead atoms. The van der Waals surface area contributed by atoms with E-state index in [1.807, 2.05) is 43.5 Å². The first-order valence-electron chi connectivity index (χ1n) is 18.4. The lowest BCUT2D eigenvalue weighted by Gasteiger charge is -2.36. The molecule has 3 heteroatoms. The molecule has 0 saturated carbocycles. The van der Waals surface area contributed by atoms with Gasteiger partial charge in [-0.1, -0.05) is 134 Å². The molecular formula is C48H53NO2. The summed E-state index contributed by atoms with van der Waals surface area (Å²) in [7, 11) is 0. The number of phenols is 1. The zero-order chi connectivity index (χ0) is 35.7. The molecule has 0 radical (unpaired) electrons. The number of rotatable bonds is 8. The molecule has 2 aliphatic heterocycles. The van der Waals surface area contributed by atoms with E-state index in [1.54, 1.807) is 6.26 Å².